The fraction of sp³-hybridized carbons (Fsp3) is 0.381. The van der Waals surface area contributed by atoms with Crippen molar-refractivity contribution in [1.29, 1.82) is 0 Å². The van der Waals surface area contributed by atoms with Crippen LogP contribution in [0.1, 0.15) is 25.8 Å². The summed E-state index contributed by atoms with van der Waals surface area (Å²) in [5.41, 5.74) is 0.961. The second-order valence-corrected chi connectivity index (χ2v) is 11.0. The van der Waals surface area contributed by atoms with E-state index in [2.05, 4.69) is 13.8 Å². The first-order valence-electron chi connectivity index (χ1n) is 9.18. The minimum absolute atomic E-state index is 0.00924. The lowest BCUT2D eigenvalue weighted by molar-refractivity contribution is -0.129. The van der Waals surface area contributed by atoms with E-state index in [0.717, 1.165) is 5.56 Å². The number of benzene rings is 2. The molecule has 27 heavy (non-hydrogen) atoms. The standard InChI is InChI=1S/C21H25NO3S2/c1-16(2)26-18-10-8-17(9-11-18)14-21(23)22-13-12-20(15-22)27(24,25)19-6-4-3-5-7-19/h3-11,16,20H,12-15H2,1-2H3. The number of thioether (sulfide) groups is 1. The molecule has 1 heterocycles. The molecule has 1 unspecified atom stereocenters. The van der Waals surface area contributed by atoms with Crippen molar-refractivity contribution in [3.63, 3.8) is 0 Å². The molecule has 1 aliphatic rings. The third-order valence-electron chi connectivity index (χ3n) is 4.66. The Morgan fingerprint density at radius 2 is 1.78 bits per heavy atom. The van der Waals surface area contributed by atoms with Gasteiger partial charge in [0.25, 0.3) is 0 Å². The molecule has 3 rings (SSSR count). The van der Waals surface area contributed by atoms with Gasteiger partial charge in [0.1, 0.15) is 0 Å². The maximum absolute atomic E-state index is 12.7. The van der Waals surface area contributed by atoms with Gasteiger partial charge in [-0.15, -0.1) is 11.8 Å². The van der Waals surface area contributed by atoms with Crippen LogP contribution in [-0.4, -0.2) is 42.8 Å². The highest BCUT2D eigenvalue weighted by molar-refractivity contribution is 7.99. The molecule has 0 aliphatic carbocycles. The maximum Gasteiger partial charge on any atom is 0.227 e. The Kier molecular flexibility index (Phi) is 6.27. The van der Waals surface area contributed by atoms with E-state index in [0.29, 0.717) is 29.5 Å². The number of carbonyl (C=O) groups is 1. The minimum atomic E-state index is -3.39. The van der Waals surface area contributed by atoms with Gasteiger partial charge in [0.15, 0.2) is 9.84 Å². The maximum atomic E-state index is 12.7. The van der Waals surface area contributed by atoms with Crippen LogP contribution < -0.4 is 0 Å². The lowest BCUT2D eigenvalue weighted by Gasteiger charge is -2.17. The molecule has 0 spiro atoms. The molecule has 1 saturated heterocycles. The molecule has 2 aromatic rings. The minimum Gasteiger partial charge on any atom is -0.341 e. The molecule has 0 saturated carbocycles. The summed E-state index contributed by atoms with van der Waals surface area (Å²) in [7, 11) is -3.39. The van der Waals surface area contributed by atoms with E-state index in [1.54, 1.807) is 47.0 Å². The van der Waals surface area contributed by atoms with E-state index in [9.17, 15) is 13.2 Å². The van der Waals surface area contributed by atoms with Crippen LogP contribution in [0, 0.1) is 0 Å². The SMILES string of the molecule is CC(C)Sc1ccc(CC(=O)N2CCC(S(=O)(=O)c3ccccc3)C2)cc1. The summed E-state index contributed by atoms with van der Waals surface area (Å²) < 4.78 is 25.5. The Hall–Kier alpha value is -1.79. The van der Waals surface area contributed by atoms with Crippen molar-refractivity contribution in [2.45, 2.75) is 47.0 Å². The fourth-order valence-electron chi connectivity index (χ4n) is 3.26. The van der Waals surface area contributed by atoms with Crippen LogP contribution in [0.4, 0.5) is 0 Å². The highest BCUT2D eigenvalue weighted by atomic mass is 32.2. The molecule has 1 amide bonds. The number of rotatable bonds is 6. The molecule has 0 aromatic heterocycles. The first kappa shape index (κ1) is 20.0. The molecule has 1 atom stereocenters. The van der Waals surface area contributed by atoms with Crippen LogP contribution in [0.2, 0.25) is 0 Å². The molecule has 4 nitrogen and oxygen atoms in total. The van der Waals surface area contributed by atoms with Gasteiger partial charge in [0, 0.05) is 23.2 Å². The van der Waals surface area contributed by atoms with Crippen molar-refractivity contribution in [3.05, 3.63) is 60.2 Å². The molecule has 0 N–H and O–H groups in total. The van der Waals surface area contributed by atoms with Gasteiger partial charge in [-0.2, -0.15) is 0 Å². The van der Waals surface area contributed by atoms with Crippen LogP contribution in [0.25, 0.3) is 0 Å². The summed E-state index contributed by atoms with van der Waals surface area (Å²) in [6.07, 6.45) is 0.803. The number of carbonyl (C=O) groups excluding carboxylic acids is 1. The van der Waals surface area contributed by atoms with E-state index >= 15 is 0 Å². The predicted molar refractivity (Wildman–Crippen MR) is 110 cm³/mol. The van der Waals surface area contributed by atoms with Gasteiger partial charge in [-0.05, 0) is 36.2 Å². The van der Waals surface area contributed by atoms with Crippen LogP contribution in [0.3, 0.4) is 0 Å². The molecule has 1 aliphatic heterocycles. The number of likely N-dealkylation sites (tertiary alicyclic amines) is 1. The van der Waals surface area contributed by atoms with Crippen molar-refractivity contribution < 1.29 is 13.2 Å². The molecule has 0 radical (unpaired) electrons. The van der Waals surface area contributed by atoms with E-state index in [1.165, 1.54) is 4.90 Å². The van der Waals surface area contributed by atoms with Gasteiger partial charge in [-0.25, -0.2) is 8.42 Å². The van der Waals surface area contributed by atoms with E-state index in [-0.39, 0.29) is 12.5 Å². The van der Waals surface area contributed by atoms with Crippen molar-refractivity contribution in [2.75, 3.05) is 13.1 Å². The zero-order valence-corrected chi connectivity index (χ0v) is 17.3. The van der Waals surface area contributed by atoms with E-state index in [4.69, 9.17) is 0 Å². The normalized spacial score (nSPS) is 17.4. The summed E-state index contributed by atoms with van der Waals surface area (Å²) in [5, 5.41) is -0.000698. The molecular formula is C21H25NO3S2. The van der Waals surface area contributed by atoms with Crippen LogP contribution in [0.15, 0.2) is 64.4 Å². The predicted octanol–water partition coefficient (Wildman–Crippen LogP) is 3.80. The van der Waals surface area contributed by atoms with Crippen molar-refractivity contribution in [2.24, 2.45) is 0 Å². The smallest absolute Gasteiger partial charge is 0.227 e. The van der Waals surface area contributed by atoms with Crippen molar-refractivity contribution in [3.8, 4) is 0 Å². The third kappa shape index (κ3) is 4.93. The van der Waals surface area contributed by atoms with Gasteiger partial charge >= 0.3 is 0 Å². The molecule has 6 heteroatoms. The molecule has 0 bridgehead atoms. The fourth-order valence-corrected chi connectivity index (χ4v) is 5.81. The summed E-state index contributed by atoms with van der Waals surface area (Å²) in [6.45, 7) is 5.07. The Morgan fingerprint density at radius 1 is 1.11 bits per heavy atom. The number of amides is 1. The summed E-state index contributed by atoms with van der Waals surface area (Å²) in [6, 6.07) is 16.5. The van der Waals surface area contributed by atoms with E-state index < -0.39 is 15.1 Å². The van der Waals surface area contributed by atoms with Crippen LogP contribution >= 0.6 is 11.8 Å². The van der Waals surface area contributed by atoms with Crippen LogP contribution in [-0.2, 0) is 21.1 Å². The number of hydrogen-bond acceptors (Lipinski definition) is 4. The van der Waals surface area contributed by atoms with Gasteiger partial charge in [0.2, 0.25) is 5.91 Å². The largest absolute Gasteiger partial charge is 0.341 e. The Morgan fingerprint density at radius 3 is 2.41 bits per heavy atom. The van der Waals surface area contributed by atoms with Gasteiger partial charge in [0.05, 0.1) is 16.6 Å². The second kappa shape index (κ2) is 8.48. The van der Waals surface area contributed by atoms with Gasteiger partial charge in [-0.3, -0.25) is 4.79 Å². The van der Waals surface area contributed by atoms with E-state index in [1.807, 2.05) is 24.3 Å². The Bertz CT molecular complexity index is 877. The molecular weight excluding hydrogens is 378 g/mol. The average Bonchev–Trinajstić information content (AvgIpc) is 3.15. The zero-order valence-electron chi connectivity index (χ0n) is 15.7. The molecule has 1 fully saturated rings. The topological polar surface area (TPSA) is 54.5 Å². The Labute approximate surface area is 165 Å². The zero-order chi connectivity index (χ0) is 19.4. The quantitative estimate of drug-likeness (QED) is 0.689. The first-order valence-corrected chi connectivity index (χ1v) is 11.6. The Balaban J connectivity index is 1.61. The van der Waals surface area contributed by atoms with Crippen molar-refractivity contribution in [1.82, 2.24) is 4.90 Å². The first-order chi connectivity index (χ1) is 12.9. The van der Waals surface area contributed by atoms with Crippen molar-refractivity contribution >= 4 is 27.5 Å². The highest BCUT2D eigenvalue weighted by Crippen LogP contribution is 2.25. The third-order valence-corrected chi connectivity index (χ3v) is 7.87. The molecule has 144 valence electrons. The number of sulfone groups is 1. The number of nitrogens with zero attached hydrogens (tertiary/aromatic N) is 1. The number of hydrogen-bond donors (Lipinski definition) is 0. The van der Waals surface area contributed by atoms with Gasteiger partial charge in [-0.1, -0.05) is 44.2 Å². The molecule has 2 aromatic carbocycles. The second-order valence-electron chi connectivity index (χ2n) is 7.10. The summed E-state index contributed by atoms with van der Waals surface area (Å²) in [4.78, 5) is 15.8. The summed E-state index contributed by atoms with van der Waals surface area (Å²) >= 11 is 1.79. The van der Waals surface area contributed by atoms with Gasteiger partial charge < -0.3 is 4.90 Å². The highest BCUT2D eigenvalue weighted by Gasteiger charge is 2.35. The van der Waals surface area contributed by atoms with Crippen LogP contribution in [0.5, 0.6) is 0 Å². The summed E-state index contributed by atoms with van der Waals surface area (Å²) in [5.74, 6) is -0.00924. The lowest BCUT2D eigenvalue weighted by atomic mass is 10.1. The lowest BCUT2D eigenvalue weighted by Crippen LogP contribution is -2.32. The average molecular weight is 404 g/mol. The monoisotopic (exact) mass is 403 g/mol.